The zero-order valence-corrected chi connectivity index (χ0v) is 12.6. The number of anilines is 1. The molecule has 0 amide bonds. The number of methoxy groups -OCH3 is 1. The molecule has 0 atom stereocenters. The minimum Gasteiger partial charge on any atom is -0.383 e. The molecule has 19 heavy (non-hydrogen) atoms. The Balaban J connectivity index is 2.02. The number of aryl methyl sites for hydroxylation is 2. The van der Waals surface area contributed by atoms with Gasteiger partial charge in [0.15, 0.2) is 0 Å². The number of nitrogens with zero attached hydrogens (tertiary/aromatic N) is 3. The van der Waals surface area contributed by atoms with Crippen LogP contribution in [0.25, 0.3) is 0 Å². The summed E-state index contributed by atoms with van der Waals surface area (Å²) in [5.41, 5.74) is 2.42. The number of hydrogen-bond donors (Lipinski definition) is 1. The molecule has 0 radical (unpaired) electrons. The molecular weight excluding hydrogens is 240 g/mol. The predicted octanol–water partition coefficient (Wildman–Crippen LogP) is 1.31. The molecule has 1 aliphatic rings. The van der Waals surface area contributed by atoms with E-state index in [0.717, 1.165) is 37.9 Å². The monoisotopic (exact) mass is 266 g/mol. The Kier molecular flexibility index (Phi) is 4.82. The van der Waals surface area contributed by atoms with Gasteiger partial charge >= 0.3 is 0 Å². The zero-order chi connectivity index (χ0) is 13.8. The molecule has 5 heteroatoms. The quantitative estimate of drug-likeness (QED) is 0.721. The van der Waals surface area contributed by atoms with Gasteiger partial charge in [0.2, 0.25) is 0 Å². The molecule has 0 saturated heterocycles. The van der Waals surface area contributed by atoms with Crippen molar-refractivity contribution in [2.24, 2.45) is 13.0 Å². The first-order valence-corrected chi connectivity index (χ1v) is 7.06. The molecule has 0 aromatic carbocycles. The maximum absolute atomic E-state index is 5.06. The number of hydrogen-bond acceptors (Lipinski definition) is 4. The Morgan fingerprint density at radius 1 is 1.47 bits per heavy atom. The molecule has 2 rings (SSSR count). The summed E-state index contributed by atoms with van der Waals surface area (Å²) in [6.45, 7) is 5.70. The van der Waals surface area contributed by atoms with Crippen molar-refractivity contribution in [1.29, 1.82) is 0 Å². The SMILES string of the molecule is COCCNCc1c(C)nn(C)c1N(C)CC1CC1. The first kappa shape index (κ1) is 14.3. The Hall–Kier alpha value is -1.07. The van der Waals surface area contributed by atoms with Gasteiger partial charge in [0, 0.05) is 46.4 Å². The summed E-state index contributed by atoms with van der Waals surface area (Å²) in [7, 11) is 5.93. The number of rotatable bonds is 8. The lowest BCUT2D eigenvalue weighted by Crippen LogP contribution is -2.25. The van der Waals surface area contributed by atoms with E-state index in [1.165, 1.54) is 24.2 Å². The summed E-state index contributed by atoms with van der Waals surface area (Å²) < 4.78 is 7.07. The van der Waals surface area contributed by atoms with Crippen LogP contribution in [-0.4, -0.2) is 43.6 Å². The summed E-state index contributed by atoms with van der Waals surface area (Å²) >= 11 is 0. The van der Waals surface area contributed by atoms with Crippen LogP contribution in [0.4, 0.5) is 5.82 Å². The fourth-order valence-corrected chi connectivity index (χ4v) is 2.54. The molecule has 0 aliphatic heterocycles. The van der Waals surface area contributed by atoms with E-state index in [2.05, 4.69) is 29.3 Å². The Morgan fingerprint density at radius 2 is 2.21 bits per heavy atom. The van der Waals surface area contributed by atoms with Crippen molar-refractivity contribution in [2.75, 3.05) is 38.8 Å². The standard InChI is InChI=1S/C14H26N4O/c1-11-13(9-15-7-8-19-4)14(18(3)16-11)17(2)10-12-5-6-12/h12,15H,5-10H2,1-4H3. The molecule has 108 valence electrons. The van der Waals surface area contributed by atoms with E-state index < -0.39 is 0 Å². The van der Waals surface area contributed by atoms with Crippen LogP contribution >= 0.6 is 0 Å². The largest absolute Gasteiger partial charge is 0.383 e. The van der Waals surface area contributed by atoms with E-state index in [1.54, 1.807) is 7.11 Å². The third kappa shape index (κ3) is 3.70. The van der Waals surface area contributed by atoms with Crippen LogP contribution in [0, 0.1) is 12.8 Å². The van der Waals surface area contributed by atoms with Gasteiger partial charge in [0.25, 0.3) is 0 Å². The Labute approximate surface area is 115 Å². The van der Waals surface area contributed by atoms with Gasteiger partial charge in [-0.25, -0.2) is 0 Å². The van der Waals surface area contributed by atoms with E-state index in [4.69, 9.17) is 4.74 Å². The van der Waals surface area contributed by atoms with Crippen molar-refractivity contribution in [1.82, 2.24) is 15.1 Å². The molecule has 0 spiro atoms. The van der Waals surface area contributed by atoms with Gasteiger partial charge in [-0.3, -0.25) is 4.68 Å². The number of nitrogens with one attached hydrogen (secondary N) is 1. The summed E-state index contributed by atoms with van der Waals surface area (Å²) in [5, 5.41) is 7.98. The third-order valence-electron chi connectivity index (χ3n) is 3.69. The van der Waals surface area contributed by atoms with Crippen LogP contribution < -0.4 is 10.2 Å². The summed E-state index contributed by atoms with van der Waals surface area (Å²) in [6.07, 6.45) is 2.76. The van der Waals surface area contributed by atoms with Gasteiger partial charge in [-0.15, -0.1) is 0 Å². The lowest BCUT2D eigenvalue weighted by molar-refractivity contribution is 0.199. The van der Waals surface area contributed by atoms with Crippen molar-refractivity contribution in [3.05, 3.63) is 11.3 Å². The average molecular weight is 266 g/mol. The van der Waals surface area contributed by atoms with Crippen molar-refractivity contribution in [3.63, 3.8) is 0 Å². The van der Waals surface area contributed by atoms with Crippen molar-refractivity contribution in [3.8, 4) is 0 Å². The van der Waals surface area contributed by atoms with Crippen LogP contribution in [0.15, 0.2) is 0 Å². The Bertz CT molecular complexity index is 412. The van der Waals surface area contributed by atoms with Gasteiger partial charge in [-0.1, -0.05) is 0 Å². The number of aromatic nitrogens is 2. The maximum atomic E-state index is 5.06. The second-order valence-corrected chi connectivity index (χ2v) is 5.50. The van der Waals surface area contributed by atoms with Crippen LogP contribution in [0.1, 0.15) is 24.1 Å². The van der Waals surface area contributed by atoms with Gasteiger partial charge in [-0.05, 0) is 25.7 Å². The van der Waals surface area contributed by atoms with Gasteiger partial charge in [-0.2, -0.15) is 5.10 Å². The lowest BCUT2D eigenvalue weighted by Gasteiger charge is -2.21. The maximum Gasteiger partial charge on any atom is 0.131 e. The summed E-state index contributed by atoms with van der Waals surface area (Å²) in [4.78, 5) is 2.35. The fourth-order valence-electron chi connectivity index (χ4n) is 2.54. The highest BCUT2D eigenvalue weighted by atomic mass is 16.5. The third-order valence-corrected chi connectivity index (χ3v) is 3.69. The molecule has 1 aromatic rings. The van der Waals surface area contributed by atoms with E-state index in [9.17, 15) is 0 Å². The topological polar surface area (TPSA) is 42.3 Å². The van der Waals surface area contributed by atoms with E-state index >= 15 is 0 Å². The summed E-state index contributed by atoms with van der Waals surface area (Å²) in [5.74, 6) is 2.13. The molecule has 0 unspecified atom stereocenters. The molecule has 0 bridgehead atoms. The van der Waals surface area contributed by atoms with E-state index in [-0.39, 0.29) is 0 Å². The predicted molar refractivity (Wildman–Crippen MR) is 77.5 cm³/mol. The van der Waals surface area contributed by atoms with Gasteiger partial charge in [0.1, 0.15) is 5.82 Å². The molecular formula is C14H26N4O. The van der Waals surface area contributed by atoms with E-state index in [0.29, 0.717) is 0 Å². The van der Waals surface area contributed by atoms with Crippen molar-refractivity contribution >= 4 is 5.82 Å². The summed E-state index contributed by atoms with van der Waals surface area (Å²) in [6, 6.07) is 0. The Morgan fingerprint density at radius 3 is 2.84 bits per heavy atom. The molecule has 1 N–H and O–H groups in total. The average Bonchev–Trinajstić information content (AvgIpc) is 3.11. The highest BCUT2D eigenvalue weighted by Crippen LogP contribution is 2.32. The van der Waals surface area contributed by atoms with E-state index in [1.807, 2.05) is 11.7 Å². The van der Waals surface area contributed by atoms with Gasteiger partial charge < -0.3 is 15.0 Å². The van der Waals surface area contributed by atoms with Gasteiger partial charge in [0.05, 0.1) is 12.3 Å². The molecule has 5 nitrogen and oxygen atoms in total. The van der Waals surface area contributed by atoms with Crippen LogP contribution in [-0.2, 0) is 18.3 Å². The van der Waals surface area contributed by atoms with Crippen LogP contribution in [0.5, 0.6) is 0 Å². The minimum atomic E-state index is 0.743. The first-order valence-electron chi connectivity index (χ1n) is 7.06. The molecule has 1 aliphatic carbocycles. The van der Waals surface area contributed by atoms with Crippen molar-refractivity contribution < 1.29 is 4.74 Å². The second-order valence-electron chi connectivity index (χ2n) is 5.50. The second kappa shape index (κ2) is 6.39. The highest BCUT2D eigenvalue weighted by Gasteiger charge is 2.25. The molecule has 1 fully saturated rings. The zero-order valence-electron chi connectivity index (χ0n) is 12.6. The fraction of sp³-hybridized carbons (Fsp3) is 0.786. The molecule has 1 aromatic heterocycles. The van der Waals surface area contributed by atoms with Crippen LogP contribution in [0.2, 0.25) is 0 Å². The smallest absolute Gasteiger partial charge is 0.131 e. The lowest BCUT2D eigenvalue weighted by atomic mass is 10.2. The first-order chi connectivity index (χ1) is 9.13. The molecule has 1 heterocycles. The normalized spacial score (nSPS) is 14.9. The van der Waals surface area contributed by atoms with Crippen LogP contribution in [0.3, 0.4) is 0 Å². The number of ether oxygens (including phenoxy) is 1. The minimum absolute atomic E-state index is 0.743. The highest BCUT2D eigenvalue weighted by molar-refractivity contribution is 5.49. The van der Waals surface area contributed by atoms with Crippen molar-refractivity contribution in [2.45, 2.75) is 26.3 Å². The molecule has 1 saturated carbocycles.